The van der Waals surface area contributed by atoms with E-state index in [1.807, 2.05) is 0 Å². The van der Waals surface area contributed by atoms with Crippen LogP contribution in [0.15, 0.2) is 0 Å². The second kappa shape index (κ2) is 5.99. The molecule has 2 aliphatic carbocycles. The van der Waals surface area contributed by atoms with Gasteiger partial charge in [-0.3, -0.25) is 0 Å². The van der Waals surface area contributed by atoms with Crippen molar-refractivity contribution in [3.05, 3.63) is 0 Å². The molecule has 0 bridgehead atoms. The molecule has 94 valence electrons. The van der Waals surface area contributed by atoms with Crippen LogP contribution in [-0.4, -0.2) is 31.3 Å². The zero-order chi connectivity index (χ0) is 11.4. The van der Waals surface area contributed by atoms with Gasteiger partial charge in [0.15, 0.2) is 0 Å². The maximum absolute atomic E-state index is 6.13. The van der Waals surface area contributed by atoms with E-state index in [2.05, 4.69) is 12.2 Å². The van der Waals surface area contributed by atoms with Crippen LogP contribution in [0.4, 0.5) is 0 Å². The molecule has 2 saturated carbocycles. The Bertz CT molecular complexity index is 204. The smallest absolute Gasteiger partial charge is 0.0604 e. The lowest BCUT2D eigenvalue weighted by atomic mass is 9.83. The summed E-state index contributed by atoms with van der Waals surface area (Å²) < 4.78 is 5.56. The van der Waals surface area contributed by atoms with Crippen LogP contribution >= 0.6 is 0 Å². The predicted octanol–water partition coefficient (Wildman–Crippen LogP) is 1.66. The molecule has 3 nitrogen and oxygen atoms in total. The molecule has 2 aliphatic rings. The van der Waals surface area contributed by atoms with E-state index in [4.69, 9.17) is 10.5 Å². The summed E-state index contributed by atoms with van der Waals surface area (Å²) in [4.78, 5) is 0. The minimum absolute atomic E-state index is 0.434. The number of nitrogens with two attached hydrogens (primary N) is 1. The van der Waals surface area contributed by atoms with Gasteiger partial charge in [-0.1, -0.05) is 12.8 Å². The normalized spacial score (nSPS) is 39.4. The van der Waals surface area contributed by atoms with E-state index in [0.717, 1.165) is 13.2 Å². The van der Waals surface area contributed by atoms with Gasteiger partial charge in [-0.15, -0.1) is 0 Å². The molecule has 0 saturated heterocycles. The highest BCUT2D eigenvalue weighted by molar-refractivity contribution is 4.88. The largest absolute Gasteiger partial charge is 0.378 e. The van der Waals surface area contributed by atoms with Gasteiger partial charge in [0.25, 0.3) is 0 Å². The lowest BCUT2D eigenvalue weighted by molar-refractivity contribution is -0.0110. The first kappa shape index (κ1) is 12.3. The molecule has 0 spiro atoms. The van der Waals surface area contributed by atoms with Crippen LogP contribution in [0, 0.1) is 5.92 Å². The Labute approximate surface area is 99.1 Å². The molecule has 3 N–H and O–H groups in total. The Morgan fingerprint density at radius 1 is 1.25 bits per heavy atom. The Hall–Kier alpha value is -0.120. The summed E-state index contributed by atoms with van der Waals surface area (Å²) in [6, 6.07) is 1.12. The number of hydrogen-bond acceptors (Lipinski definition) is 3. The third-order valence-corrected chi connectivity index (χ3v) is 4.13. The van der Waals surface area contributed by atoms with Gasteiger partial charge >= 0.3 is 0 Å². The van der Waals surface area contributed by atoms with E-state index in [0.29, 0.717) is 24.1 Å². The highest BCUT2D eigenvalue weighted by Gasteiger charge is 2.30. The van der Waals surface area contributed by atoms with E-state index in [-0.39, 0.29) is 0 Å². The van der Waals surface area contributed by atoms with E-state index in [1.54, 1.807) is 0 Å². The summed E-state index contributed by atoms with van der Waals surface area (Å²) in [6.45, 7) is 4.04. The Morgan fingerprint density at radius 3 is 2.69 bits per heavy atom. The Balaban J connectivity index is 1.58. The fraction of sp³-hybridized carbons (Fsp3) is 1.00. The summed E-state index contributed by atoms with van der Waals surface area (Å²) in [6.07, 6.45) is 8.13. The molecule has 16 heavy (non-hydrogen) atoms. The second-order valence-electron chi connectivity index (χ2n) is 5.36. The molecule has 2 atom stereocenters. The van der Waals surface area contributed by atoms with Crippen molar-refractivity contribution in [3.8, 4) is 0 Å². The topological polar surface area (TPSA) is 47.3 Å². The molecule has 0 amide bonds. The Morgan fingerprint density at radius 2 is 2.00 bits per heavy atom. The number of rotatable bonds is 5. The molecule has 2 fully saturated rings. The Kier molecular flexibility index (Phi) is 4.62. The average molecular weight is 226 g/mol. The van der Waals surface area contributed by atoms with Crippen LogP contribution in [-0.2, 0) is 4.74 Å². The molecule has 0 aromatic heterocycles. The van der Waals surface area contributed by atoms with Gasteiger partial charge < -0.3 is 15.8 Å². The van der Waals surface area contributed by atoms with Crippen molar-refractivity contribution in [3.63, 3.8) is 0 Å². The van der Waals surface area contributed by atoms with Gasteiger partial charge in [-0.2, -0.15) is 0 Å². The van der Waals surface area contributed by atoms with Gasteiger partial charge in [0.1, 0.15) is 0 Å². The van der Waals surface area contributed by atoms with Gasteiger partial charge in [-0.25, -0.2) is 0 Å². The van der Waals surface area contributed by atoms with Crippen LogP contribution < -0.4 is 11.1 Å². The predicted molar refractivity (Wildman–Crippen MR) is 66.4 cm³/mol. The van der Waals surface area contributed by atoms with Crippen molar-refractivity contribution < 1.29 is 4.74 Å². The summed E-state index contributed by atoms with van der Waals surface area (Å²) in [7, 11) is 0. The van der Waals surface area contributed by atoms with Crippen molar-refractivity contribution in [2.24, 2.45) is 11.7 Å². The lowest BCUT2D eigenvalue weighted by Gasteiger charge is -2.38. The van der Waals surface area contributed by atoms with E-state index < -0.39 is 0 Å². The van der Waals surface area contributed by atoms with Crippen molar-refractivity contribution >= 4 is 0 Å². The molecule has 2 rings (SSSR count). The van der Waals surface area contributed by atoms with Crippen LogP contribution in [0.3, 0.4) is 0 Å². The highest BCUT2D eigenvalue weighted by Crippen LogP contribution is 2.26. The second-order valence-corrected chi connectivity index (χ2v) is 5.36. The molecular formula is C13H26N2O. The maximum Gasteiger partial charge on any atom is 0.0604 e. The number of hydrogen-bond donors (Lipinski definition) is 2. The van der Waals surface area contributed by atoms with Crippen molar-refractivity contribution in [1.82, 2.24) is 5.32 Å². The van der Waals surface area contributed by atoms with Gasteiger partial charge in [-0.05, 0) is 45.1 Å². The third-order valence-electron chi connectivity index (χ3n) is 4.13. The van der Waals surface area contributed by atoms with E-state index in [1.165, 1.54) is 38.5 Å². The molecule has 3 heteroatoms. The highest BCUT2D eigenvalue weighted by atomic mass is 16.5. The molecule has 0 aromatic rings. The minimum atomic E-state index is 0.434. The minimum Gasteiger partial charge on any atom is -0.378 e. The first-order valence-electron chi connectivity index (χ1n) is 6.90. The van der Waals surface area contributed by atoms with E-state index in [9.17, 15) is 0 Å². The number of ether oxygens (including phenoxy) is 1. The molecule has 0 aromatic carbocycles. The zero-order valence-electron chi connectivity index (χ0n) is 10.5. The van der Waals surface area contributed by atoms with Crippen molar-refractivity contribution in [2.45, 2.75) is 63.6 Å². The average Bonchev–Trinajstić information content (AvgIpc) is 2.23. The quantitative estimate of drug-likeness (QED) is 0.749. The molecule has 2 unspecified atom stereocenters. The van der Waals surface area contributed by atoms with Crippen LogP contribution in [0.5, 0.6) is 0 Å². The van der Waals surface area contributed by atoms with Gasteiger partial charge in [0.2, 0.25) is 0 Å². The fourth-order valence-corrected chi connectivity index (χ4v) is 2.91. The van der Waals surface area contributed by atoms with Crippen LogP contribution in [0.1, 0.15) is 45.4 Å². The van der Waals surface area contributed by atoms with Gasteiger partial charge in [0, 0.05) is 18.7 Å². The van der Waals surface area contributed by atoms with Gasteiger partial charge in [0.05, 0.1) is 6.10 Å². The summed E-state index contributed by atoms with van der Waals surface area (Å²) in [5.41, 5.74) is 6.13. The SMILES string of the molecule is CCOC1CC(NCC2CCCCC2N)C1. The van der Waals surface area contributed by atoms with Crippen LogP contribution in [0.2, 0.25) is 0 Å². The molecule has 0 aliphatic heterocycles. The fourth-order valence-electron chi connectivity index (χ4n) is 2.91. The molecule has 0 heterocycles. The van der Waals surface area contributed by atoms with Crippen molar-refractivity contribution in [2.75, 3.05) is 13.2 Å². The summed E-state index contributed by atoms with van der Waals surface area (Å²) in [5.74, 6) is 0.708. The van der Waals surface area contributed by atoms with E-state index >= 15 is 0 Å². The summed E-state index contributed by atoms with van der Waals surface area (Å²) >= 11 is 0. The molecular weight excluding hydrogens is 200 g/mol. The first-order valence-corrected chi connectivity index (χ1v) is 6.90. The molecule has 0 radical (unpaired) electrons. The summed E-state index contributed by atoms with van der Waals surface area (Å²) in [5, 5.41) is 3.65. The van der Waals surface area contributed by atoms with Crippen LogP contribution in [0.25, 0.3) is 0 Å². The first-order chi connectivity index (χ1) is 7.79. The lowest BCUT2D eigenvalue weighted by Crippen LogP contribution is -2.49. The zero-order valence-corrected chi connectivity index (χ0v) is 10.5. The van der Waals surface area contributed by atoms with Crippen molar-refractivity contribution in [1.29, 1.82) is 0 Å². The standard InChI is InChI=1S/C13H26N2O/c1-2-16-12-7-11(8-12)15-9-10-5-3-4-6-13(10)14/h10-13,15H,2-9,14H2,1H3. The number of nitrogens with one attached hydrogen (secondary N) is 1. The monoisotopic (exact) mass is 226 g/mol. The maximum atomic E-state index is 6.13. The third kappa shape index (κ3) is 3.19.